The molecule has 3 aromatic heterocycles. The van der Waals surface area contributed by atoms with Gasteiger partial charge in [0.05, 0.1) is 32.7 Å². The first-order chi connectivity index (χ1) is 18.5. The van der Waals surface area contributed by atoms with E-state index in [2.05, 4.69) is 20.6 Å². The molecular formula is C27H25ClN6O3S. The van der Waals surface area contributed by atoms with E-state index in [1.165, 1.54) is 18.3 Å². The second-order valence-electron chi connectivity index (χ2n) is 9.31. The summed E-state index contributed by atoms with van der Waals surface area (Å²) in [4.78, 5) is 34.1. The Morgan fingerprint density at radius 2 is 2.05 bits per heavy atom. The average molecular weight is 549 g/mol. The normalized spacial score (nSPS) is 16.1. The Labute approximate surface area is 228 Å². The van der Waals surface area contributed by atoms with Crippen molar-refractivity contribution in [1.29, 1.82) is 0 Å². The quantitative estimate of drug-likeness (QED) is 0.355. The van der Waals surface area contributed by atoms with Crippen LogP contribution in [0.15, 0.2) is 42.7 Å². The summed E-state index contributed by atoms with van der Waals surface area (Å²) in [5.41, 5.74) is 5.97. The van der Waals surface area contributed by atoms with Crippen molar-refractivity contribution >= 4 is 39.9 Å². The predicted octanol–water partition coefficient (Wildman–Crippen LogP) is 4.88. The summed E-state index contributed by atoms with van der Waals surface area (Å²) in [7, 11) is 0. The number of anilines is 1. The molecule has 1 atom stereocenters. The summed E-state index contributed by atoms with van der Waals surface area (Å²) in [5.74, 6) is -0.381. The molecule has 4 aromatic rings. The Morgan fingerprint density at radius 3 is 2.79 bits per heavy atom. The molecule has 0 bridgehead atoms. The van der Waals surface area contributed by atoms with Gasteiger partial charge in [-0.05, 0) is 61.6 Å². The number of hydrogen-bond donors (Lipinski definition) is 2. The van der Waals surface area contributed by atoms with Gasteiger partial charge in [-0.3, -0.25) is 14.6 Å². The number of fused-ring (bicyclic) bond motifs is 3. The van der Waals surface area contributed by atoms with Gasteiger partial charge in [0.25, 0.3) is 5.91 Å². The van der Waals surface area contributed by atoms with Crippen LogP contribution in [0.5, 0.6) is 0 Å². The number of amides is 2. The smallest absolute Gasteiger partial charge is 0.251 e. The average Bonchev–Trinajstić information content (AvgIpc) is 3.65. The standard InChI is InChI=1S/C27H25ClN6O3S/c1-15(35)31-27-32-20-6-5-18-23(22-3-2-12-37-22)33-34(24(18)25(20)38-27)21-7-4-17(13-19(21)28)26(36)30-14-16-8-10-29-11-9-16/h4,7-11,13,22H,2-3,5-6,12,14H2,1H3,(H,30,36)(H,31,32,35)/t22-/m1/s1. The van der Waals surface area contributed by atoms with Gasteiger partial charge in [0.2, 0.25) is 5.91 Å². The van der Waals surface area contributed by atoms with Gasteiger partial charge >= 0.3 is 0 Å². The molecule has 11 heteroatoms. The maximum atomic E-state index is 12.8. The number of aromatic nitrogens is 4. The molecule has 6 rings (SSSR count). The number of aryl methyl sites for hydroxylation is 1. The number of carbonyl (C=O) groups excluding carboxylic acids is 2. The Balaban J connectivity index is 1.37. The highest BCUT2D eigenvalue weighted by Gasteiger charge is 2.34. The van der Waals surface area contributed by atoms with E-state index in [0.29, 0.717) is 27.9 Å². The molecule has 2 N–H and O–H groups in total. The first kappa shape index (κ1) is 24.7. The van der Waals surface area contributed by atoms with Crippen LogP contribution in [-0.4, -0.2) is 38.2 Å². The van der Waals surface area contributed by atoms with Crippen molar-refractivity contribution in [2.45, 2.75) is 45.3 Å². The lowest BCUT2D eigenvalue weighted by Crippen LogP contribution is -2.22. The van der Waals surface area contributed by atoms with E-state index >= 15 is 0 Å². The monoisotopic (exact) mass is 548 g/mol. The molecule has 194 valence electrons. The van der Waals surface area contributed by atoms with Crippen LogP contribution in [0.2, 0.25) is 5.02 Å². The van der Waals surface area contributed by atoms with Crippen molar-refractivity contribution in [3.63, 3.8) is 0 Å². The molecule has 1 saturated heterocycles. The van der Waals surface area contributed by atoms with Crippen LogP contribution in [-0.2, 0) is 28.9 Å². The van der Waals surface area contributed by atoms with E-state index < -0.39 is 0 Å². The zero-order valence-corrected chi connectivity index (χ0v) is 22.2. The minimum Gasteiger partial charge on any atom is -0.372 e. The molecule has 4 heterocycles. The molecule has 9 nitrogen and oxygen atoms in total. The maximum Gasteiger partial charge on any atom is 0.251 e. The van der Waals surface area contributed by atoms with Gasteiger partial charge in [-0.2, -0.15) is 5.10 Å². The number of nitrogens with zero attached hydrogens (tertiary/aromatic N) is 4. The number of halogens is 1. The SMILES string of the molecule is CC(=O)Nc1nc2c(s1)-c1c(c([C@H]3CCCO3)nn1-c1ccc(C(=O)NCc3ccncc3)cc1Cl)CC2. The van der Waals surface area contributed by atoms with Crippen molar-refractivity contribution in [1.82, 2.24) is 25.1 Å². The molecular weight excluding hydrogens is 524 g/mol. The third-order valence-electron chi connectivity index (χ3n) is 6.70. The van der Waals surface area contributed by atoms with Crippen molar-refractivity contribution < 1.29 is 14.3 Å². The lowest BCUT2D eigenvalue weighted by Gasteiger charge is -2.16. The number of thiazole rings is 1. The van der Waals surface area contributed by atoms with Crippen LogP contribution in [0.3, 0.4) is 0 Å². The van der Waals surface area contributed by atoms with Crippen LogP contribution in [0.4, 0.5) is 5.13 Å². The summed E-state index contributed by atoms with van der Waals surface area (Å²) in [6, 6.07) is 8.95. The number of pyridine rings is 1. The highest BCUT2D eigenvalue weighted by Crippen LogP contribution is 2.45. The third-order valence-corrected chi connectivity index (χ3v) is 8.02. The molecule has 2 aliphatic rings. The van der Waals surface area contributed by atoms with Crippen molar-refractivity contribution in [2.75, 3.05) is 11.9 Å². The van der Waals surface area contributed by atoms with E-state index in [1.807, 2.05) is 22.9 Å². The van der Waals surface area contributed by atoms with Gasteiger partial charge in [-0.15, -0.1) is 0 Å². The summed E-state index contributed by atoms with van der Waals surface area (Å²) in [6.07, 6.45) is 6.76. The largest absolute Gasteiger partial charge is 0.372 e. The fourth-order valence-electron chi connectivity index (χ4n) is 4.93. The van der Waals surface area contributed by atoms with Crippen molar-refractivity contribution in [2.24, 2.45) is 0 Å². The molecule has 1 aliphatic heterocycles. The van der Waals surface area contributed by atoms with Gasteiger partial charge in [-0.25, -0.2) is 9.67 Å². The zero-order chi connectivity index (χ0) is 26.2. The second kappa shape index (κ2) is 10.3. The number of carbonyl (C=O) groups is 2. The van der Waals surface area contributed by atoms with Gasteiger partial charge in [-0.1, -0.05) is 22.9 Å². The summed E-state index contributed by atoms with van der Waals surface area (Å²) >= 11 is 8.22. The second-order valence-corrected chi connectivity index (χ2v) is 10.7. The van der Waals surface area contributed by atoms with Gasteiger partial charge in [0, 0.05) is 43.6 Å². The number of nitrogens with one attached hydrogen (secondary N) is 2. The maximum absolute atomic E-state index is 12.8. The lowest BCUT2D eigenvalue weighted by atomic mass is 9.95. The van der Waals surface area contributed by atoms with Gasteiger partial charge in [0.1, 0.15) is 6.10 Å². The van der Waals surface area contributed by atoms with Crippen LogP contribution in [0, 0.1) is 0 Å². The third kappa shape index (κ3) is 4.70. The Hall–Kier alpha value is -3.60. The van der Waals surface area contributed by atoms with E-state index in [4.69, 9.17) is 21.4 Å². The topological polar surface area (TPSA) is 111 Å². The first-order valence-electron chi connectivity index (χ1n) is 12.5. The molecule has 1 aliphatic carbocycles. The number of rotatable bonds is 6. The number of ether oxygens (including phenoxy) is 1. The minimum absolute atomic E-state index is 0.0636. The van der Waals surface area contributed by atoms with E-state index in [0.717, 1.165) is 65.4 Å². The molecule has 1 fully saturated rings. The summed E-state index contributed by atoms with van der Waals surface area (Å²) in [5, 5.41) is 11.7. The predicted molar refractivity (Wildman–Crippen MR) is 145 cm³/mol. The van der Waals surface area contributed by atoms with E-state index in [1.54, 1.807) is 24.5 Å². The van der Waals surface area contributed by atoms with Crippen LogP contribution >= 0.6 is 22.9 Å². The molecule has 2 amide bonds. The molecule has 1 aromatic carbocycles. The van der Waals surface area contributed by atoms with Crippen molar-refractivity contribution in [3.8, 4) is 16.3 Å². The molecule has 0 spiro atoms. The van der Waals surface area contributed by atoms with Crippen molar-refractivity contribution in [3.05, 3.63) is 75.8 Å². The van der Waals surface area contributed by atoms with Crippen LogP contribution in [0.25, 0.3) is 16.3 Å². The molecule has 0 radical (unpaired) electrons. The fraction of sp³-hybridized carbons (Fsp3) is 0.296. The van der Waals surface area contributed by atoms with E-state index in [-0.39, 0.29) is 17.9 Å². The van der Waals surface area contributed by atoms with Gasteiger partial charge in [0.15, 0.2) is 5.13 Å². The first-order valence-corrected chi connectivity index (χ1v) is 13.7. The fourth-order valence-corrected chi connectivity index (χ4v) is 6.31. The van der Waals surface area contributed by atoms with Gasteiger partial charge < -0.3 is 15.4 Å². The summed E-state index contributed by atoms with van der Waals surface area (Å²) < 4.78 is 7.86. The highest BCUT2D eigenvalue weighted by molar-refractivity contribution is 7.19. The lowest BCUT2D eigenvalue weighted by molar-refractivity contribution is -0.114. The molecule has 0 unspecified atom stereocenters. The Bertz CT molecular complexity index is 1530. The van der Waals surface area contributed by atoms with Crippen LogP contribution in [0.1, 0.15) is 58.7 Å². The number of benzene rings is 1. The Morgan fingerprint density at radius 1 is 1.21 bits per heavy atom. The molecule has 0 saturated carbocycles. The Kier molecular flexibility index (Phi) is 6.69. The summed E-state index contributed by atoms with van der Waals surface area (Å²) in [6.45, 7) is 2.58. The molecule has 38 heavy (non-hydrogen) atoms. The number of hydrogen-bond acceptors (Lipinski definition) is 7. The zero-order valence-electron chi connectivity index (χ0n) is 20.7. The van der Waals surface area contributed by atoms with E-state index in [9.17, 15) is 9.59 Å². The van der Waals surface area contributed by atoms with Crippen LogP contribution < -0.4 is 10.6 Å². The highest BCUT2D eigenvalue weighted by atomic mass is 35.5. The minimum atomic E-state index is -0.220.